The van der Waals surface area contributed by atoms with Gasteiger partial charge in [0.05, 0.1) is 9.79 Å². The van der Waals surface area contributed by atoms with Crippen molar-refractivity contribution in [2.45, 2.75) is 49.3 Å². The first-order valence-corrected chi connectivity index (χ1v) is 16.7. The minimum atomic E-state index is -4.13. The van der Waals surface area contributed by atoms with Gasteiger partial charge in [-0.05, 0) is 81.3 Å². The Morgan fingerprint density at radius 2 is 1.51 bits per heavy atom. The molecule has 45 heavy (non-hydrogen) atoms. The lowest BCUT2D eigenvalue weighted by Crippen LogP contribution is -2.42. The number of sulfonamides is 1. The maximum Gasteiger partial charge on any atom is 0.586 e. The van der Waals surface area contributed by atoms with E-state index in [-0.39, 0.29) is 26.9 Å². The normalized spacial score (nSPS) is 14.8. The zero-order valence-electron chi connectivity index (χ0n) is 24.9. The van der Waals surface area contributed by atoms with Crippen LogP contribution in [0.1, 0.15) is 26.3 Å². The molecule has 0 amide bonds. The van der Waals surface area contributed by atoms with Crippen LogP contribution in [0, 0.1) is 6.92 Å². The second-order valence-electron chi connectivity index (χ2n) is 11.8. The van der Waals surface area contributed by atoms with Crippen molar-refractivity contribution in [2.24, 2.45) is 0 Å². The smallest absolute Gasteiger partial charge is 0.395 e. The van der Waals surface area contributed by atoms with Gasteiger partial charge in [0.15, 0.2) is 17.1 Å². The molecule has 0 radical (unpaired) electrons. The fourth-order valence-corrected chi connectivity index (χ4v) is 7.83. The standard InChI is InChI=1S/C32H29F2N3O6S2/c1-20-9-12-24(13-10-20)45(40,41)37-19-27(22-11-14-28-29(17-22)43-32(33,34)42-28)26-16-23(18-35-30(26)37)21-7-6-8-25(15-21)44(38,39)36(5)31(2,3)4/h6-19H,1-5H3. The van der Waals surface area contributed by atoms with Gasteiger partial charge in [-0.3, -0.25) is 0 Å². The van der Waals surface area contributed by atoms with E-state index in [4.69, 9.17) is 0 Å². The number of rotatable bonds is 6. The van der Waals surface area contributed by atoms with Gasteiger partial charge in [0, 0.05) is 41.5 Å². The molecule has 0 atom stereocenters. The zero-order chi connectivity index (χ0) is 32.5. The largest absolute Gasteiger partial charge is 0.586 e. The van der Waals surface area contributed by atoms with Crippen molar-refractivity contribution in [1.82, 2.24) is 13.3 Å². The minimum absolute atomic E-state index is 0.0358. The zero-order valence-corrected chi connectivity index (χ0v) is 26.6. The van der Waals surface area contributed by atoms with Crippen LogP contribution >= 0.6 is 0 Å². The number of benzene rings is 3. The molecule has 9 nitrogen and oxygen atoms in total. The number of hydrogen-bond donors (Lipinski definition) is 0. The van der Waals surface area contributed by atoms with E-state index in [2.05, 4.69) is 14.5 Å². The number of nitrogens with zero attached hydrogens (tertiary/aromatic N) is 3. The SMILES string of the molecule is Cc1ccc(S(=O)(=O)n2cc(-c3ccc4c(c3)OC(F)(F)O4)c3cc(-c4cccc(S(=O)(=O)N(C)C(C)(C)C)c4)cnc32)cc1. The maximum atomic E-state index is 13.8. The van der Waals surface area contributed by atoms with Crippen molar-refractivity contribution in [1.29, 1.82) is 0 Å². The van der Waals surface area contributed by atoms with Crippen LogP contribution in [0.15, 0.2) is 95.0 Å². The Balaban J connectivity index is 1.54. The summed E-state index contributed by atoms with van der Waals surface area (Å²) >= 11 is 0. The number of halogens is 2. The molecule has 234 valence electrons. The van der Waals surface area contributed by atoms with Gasteiger partial charge in [0.2, 0.25) is 10.0 Å². The second-order valence-corrected chi connectivity index (χ2v) is 15.5. The monoisotopic (exact) mass is 653 g/mol. The molecule has 0 aliphatic carbocycles. The topological polar surface area (TPSA) is 108 Å². The van der Waals surface area contributed by atoms with E-state index in [0.717, 1.165) is 9.54 Å². The van der Waals surface area contributed by atoms with E-state index in [1.165, 1.54) is 66.2 Å². The average Bonchev–Trinajstić information content (AvgIpc) is 3.52. The number of hydrogen-bond acceptors (Lipinski definition) is 7. The van der Waals surface area contributed by atoms with E-state index < -0.39 is 31.9 Å². The average molecular weight is 654 g/mol. The molecule has 0 saturated carbocycles. The number of aromatic nitrogens is 2. The molecule has 1 aliphatic heterocycles. The first kappa shape index (κ1) is 30.7. The van der Waals surface area contributed by atoms with E-state index in [0.29, 0.717) is 27.6 Å². The molecule has 0 saturated heterocycles. The molecule has 13 heteroatoms. The fourth-order valence-electron chi connectivity index (χ4n) is 4.95. The second kappa shape index (κ2) is 10.4. The number of fused-ring (bicyclic) bond motifs is 2. The number of alkyl halides is 2. The summed E-state index contributed by atoms with van der Waals surface area (Å²) in [5.74, 6) is -0.360. The van der Waals surface area contributed by atoms with Crippen molar-refractivity contribution < 1.29 is 35.1 Å². The molecule has 6 rings (SSSR count). The summed E-state index contributed by atoms with van der Waals surface area (Å²) in [4.78, 5) is 4.64. The van der Waals surface area contributed by atoms with Crippen LogP contribution in [-0.2, 0) is 20.0 Å². The lowest BCUT2D eigenvalue weighted by atomic mass is 10.0. The highest BCUT2D eigenvalue weighted by atomic mass is 32.2. The van der Waals surface area contributed by atoms with Crippen molar-refractivity contribution >= 4 is 31.1 Å². The Hall–Kier alpha value is -4.33. The molecule has 2 aromatic heterocycles. The third-order valence-corrected chi connectivity index (χ3v) is 11.5. The Morgan fingerprint density at radius 3 is 2.20 bits per heavy atom. The van der Waals surface area contributed by atoms with Crippen LogP contribution in [0.5, 0.6) is 11.5 Å². The molecular weight excluding hydrogens is 624 g/mol. The lowest BCUT2D eigenvalue weighted by molar-refractivity contribution is -0.286. The molecule has 0 bridgehead atoms. The van der Waals surface area contributed by atoms with Crippen LogP contribution in [0.2, 0.25) is 0 Å². The Labute approximate surface area is 259 Å². The van der Waals surface area contributed by atoms with Crippen LogP contribution in [0.25, 0.3) is 33.3 Å². The van der Waals surface area contributed by atoms with E-state index >= 15 is 0 Å². The fraction of sp³-hybridized carbons (Fsp3) is 0.219. The van der Waals surface area contributed by atoms with E-state index in [1.54, 1.807) is 51.1 Å². The number of aryl methyl sites for hydroxylation is 1. The quantitative estimate of drug-likeness (QED) is 0.202. The van der Waals surface area contributed by atoms with Crippen molar-refractivity contribution in [3.63, 3.8) is 0 Å². The molecule has 0 N–H and O–H groups in total. The van der Waals surface area contributed by atoms with Gasteiger partial charge in [-0.1, -0.05) is 35.9 Å². The minimum Gasteiger partial charge on any atom is -0.395 e. The summed E-state index contributed by atoms with van der Waals surface area (Å²) in [5, 5.41) is 0.383. The van der Waals surface area contributed by atoms with Gasteiger partial charge in [0.1, 0.15) is 0 Å². The van der Waals surface area contributed by atoms with Gasteiger partial charge in [-0.2, -0.15) is 4.31 Å². The molecule has 0 spiro atoms. The first-order chi connectivity index (χ1) is 21.0. The predicted molar refractivity (Wildman–Crippen MR) is 165 cm³/mol. The van der Waals surface area contributed by atoms with Crippen LogP contribution in [-0.4, -0.2) is 49.0 Å². The molecule has 3 aromatic carbocycles. The first-order valence-electron chi connectivity index (χ1n) is 13.8. The Morgan fingerprint density at radius 1 is 0.822 bits per heavy atom. The molecule has 0 unspecified atom stereocenters. The van der Waals surface area contributed by atoms with Gasteiger partial charge >= 0.3 is 6.29 Å². The summed E-state index contributed by atoms with van der Waals surface area (Å²) < 4.78 is 93.5. The number of ether oxygens (including phenoxy) is 2. The van der Waals surface area contributed by atoms with E-state index in [9.17, 15) is 25.6 Å². The Bertz CT molecular complexity index is 2190. The number of pyridine rings is 1. The summed E-state index contributed by atoms with van der Waals surface area (Å²) in [6, 6.07) is 18.6. The highest BCUT2D eigenvalue weighted by Crippen LogP contribution is 2.44. The maximum absolute atomic E-state index is 13.8. The van der Waals surface area contributed by atoms with Crippen molar-refractivity contribution in [2.75, 3.05) is 7.05 Å². The lowest BCUT2D eigenvalue weighted by Gasteiger charge is -2.31. The third kappa shape index (κ3) is 5.45. The molecule has 3 heterocycles. The summed E-state index contributed by atoms with van der Waals surface area (Å²) in [6.45, 7) is 7.22. The van der Waals surface area contributed by atoms with Gasteiger partial charge in [-0.15, -0.1) is 8.78 Å². The third-order valence-electron chi connectivity index (χ3n) is 7.67. The predicted octanol–water partition coefficient (Wildman–Crippen LogP) is 6.66. The molecular formula is C32H29F2N3O6S2. The van der Waals surface area contributed by atoms with Crippen molar-refractivity contribution in [3.05, 3.63) is 90.8 Å². The summed E-state index contributed by atoms with van der Waals surface area (Å²) in [6.07, 6.45) is -0.983. The highest BCUT2D eigenvalue weighted by Gasteiger charge is 2.43. The Kier molecular flexibility index (Phi) is 7.06. The van der Waals surface area contributed by atoms with Gasteiger partial charge in [-0.25, -0.2) is 25.8 Å². The van der Waals surface area contributed by atoms with Crippen LogP contribution in [0.4, 0.5) is 8.78 Å². The molecule has 1 aliphatic rings. The molecule has 0 fully saturated rings. The molecule has 5 aromatic rings. The van der Waals surface area contributed by atoms with Crippen LogP contribution in [0.3, 0.4) is 0 Å². The van der Waals surface area contributed by atoms with Gasteiger partial charge in [0.25, 0.3) is 10.0 Å². The highest BCUT2D eigenvalue weighted by molar-refractivity contribution is 7.90. The van der Waals surface area contributed by atoms with Crippen molar-refractivity contribution in [3.8, 4) is 33.8 Å². The summed E-state index contributed by atoms with van der Waals surface area (Å²) in [7, 11) is -6.46. The van der Waals surface area contributed by atoms with Crippen LogP contribution < -0.4 is 9.47 Å². The summed E-state index contributed by atoms with van der Waals surface area (Å²) in [5.41, 5.74) is 2.09. The van der Waals surface area contributed by atoms with E-state index in [1.807, 2.05) is 6.92 Å². The van der Waals surface area contributed by atoms with Gasteiger partial charge < -0.3 is 9.47 Å².